The number of hydrogen-bond acceptors (Lipinski definition) is 4. The third-order valence-corrected chi connectivity index (χ3v) is 17.4. The highest BCUT2D eigenvalue weighted by atomic mass is 15.2. The number of rotatable bonds is 12. The summed E-state index contributed by atoms with van der Waals surface area (Å²) in [5, 5.41) is 7.11. The maximum atomic E-state index is 2.57. The van der Waals surface area contributed by atoms with Gasteiger partial charge < -0.3 is 19.6 Å². The fourth-order valence-corrected chi connectivity index (χ4v) is 14.1. The molecule has 0 spiro atoms. The van der Waals surface area contributed by atoms with E-state index in [0.717, 1.165) is 45.5 Å². The molecule has 0 saturated carbocycles. The van der Waals surface area contributed by atoms with Crippen LogP contribution in [0.25, 0.3) is 32.3 Å². The molecule has 12 rings (SSSR count). The maximum absolute atomic E-state index is 2.57. The van der Waals surface area contributed by atoms with E-state index in [4.69, 9.17) is 0 Å². The summed E-state index contributed by atoms with van der Waals surface area (Å²) < 4.78 is 0. The summed E-state index contributed by atoms with van der Waals surface area (Å²) in [7, 11) is 0. The van der Waals surface area contributed by atoms with Crippen LogP contribution in [0.2, 0.25) is 0 Å². The van der Waals surface area contributed by atoms with Crippen molar-refractivity contribution in [1.82, 2.24) is 0 Å². The van der Waals surface area contributed by atoms with Crippen molar-refractivity contribution in [2.45, 2.75) is 111 Å². The van der Waals surface area contributed by atoms with E-state index in [1.807, 2.05) is 0 Å². The van der Waals surface area contributed by atoms with Gasteiger partial charge in [0.2, 0.25) is 0 Å². The van der Waals surface area contributed by atoms with E-state index in [1.165, 1.54) is 144 Å². The zero-order chi connectivity index (χ0) is 59.2. The van der Waals surface area contributed by atoms with Crippen LogP contribution in [0, 0.1) is 111 Å². The van der Waals surface area contributed by atoms with Crippen molar-refractivity contribution in [2.24, 2.45) is 0 Å². The van der Waals surface area contributed by atoms with Crippen LogP contribution in [0.3, 0.4) is 0 Å². The lowest BCUT2D eigenvalue weighted by Crippen LogP contribution is -2.18. The molecule has 84 heavy (non-hydrogen) atoms. The molecule has 0 aliphatic heterocycles. The van der Waals surface area contributed by atoms with E-state index in [0.29, 0.717) is 0 Å². The Morgan fingerprint density at radius 2 is 0.345 bits per heavy atom. The van der Waals surface area contributed by atoms with Crippen molar-refractivity contribution in [1.29, 1.82) is 0 Å². The van der Waals surface area contributed by atoms with Gasteiger partial charge in [0.15, 0.2) is 0 Å². The molecule has 0 heterocycles. The first-order valence-corrected chi connectivity index (χ1v) is 29.8. The lowest BCUT2D eigenvalue weighted by molar-refractivity contribution is 1.19. The molecule has 0 aliphatic carbocycles. The summed E-state index contributed by atoms with van der Waals surface area (Å²) in [4.78, 5) is 10.3. The zero-order valence-corrected chi connectivity index (χ0v) is 52.1. The molecule has 12 aromatic rings. The molecule has 0 aromatic heterocycles. The second kappa shape index (κ2) is 21.6. The highest BCUT2D eigenvalue weighted by Gasteiger charge is 2.32. The Labute approximate surface area is 499 Å². The zero-order valence-electron chi connectivity index (χ0n) is 52.1. The smallest absolute Gasteiger partial charge is 0.0561 e. The summed E-state index contributed by atoms with van der Waals surface area (Å²) in [5.41, 5.74) is 33.3. The second-order valence-electron chi connectivity index (χ2n) is 24.6. The Hall–Kier alpha value is -9.12. The minimum absolute atomic E-state index is 1.11. The molecule has 0 saturated heterocycles. The molecular formula is C80H78N4. The minimum atomic E-state index is 1.11. The van der Waals surface area contributed by atoms with Crippen LogP contribution in [0.5, 0.6) is 0 Å². The molecule has 0 radical (unpaired) electrons. The number of aryl methyl sites for hydroxylation is 16. The summed E-state index contributed by atoms with van der Waals surface area (Å²) in [5.74, 6) is 0. The van der Waals surface area contributed by atoms with Crippen LogP contribution in [0.4, 0.5) is 68.2 Å². The molecule has 0 bridgehead atoms. The molecule has 418 valence electrons. The van der Waals surface area contributed by atoms with Crippen LogP contribution >= 0.6 is 0 Å². The Morgan fingerprint density at radius 1 is 0.179 bits per heavy atom. The molecule has 0 atom stereocenters. The van der Waals surface area contributed by atoms with Crippen LogP contribution in [0.1, 0.15) is 89.0 Å². The lowest BCUT2D eigenvalue weighted by atomic mass is 9.88. The molecule has 4 nitrogen and oxygen atoms in total. The maximum Gasteiger partial charge on any atom is 0.0561 e. The summed E-state index contributed by atoms with van der Waals surface area (Å²) in [6.07, 6.45) is 0. The third kappa shape index (κ3) is 9.71. The topological polar surface area (TPSA) is 13.0 Å². The fourth-order valence-electron chi connectivity index (χ4n) is 14.1. The van der Waals surface area contributed by atoms with E-state index in [9.17, 15) is 0 Å². The molecule has 0 N–H and O–H groups in total. The van der Waals surface area contributed by atoms with Crippen LogP contribution in [-0.2, 0) is 0 Å². The highest BCUT2D eigenvalue weighted by Crippen LogP contribution is 2.57. The van der Waals surface area contributed by atoms with Crippen molar-refractivity contribution in [2.75, 3.05) is 19.6 Å². The molecule has 12 aromatic carbocycles. The molecule has 0 unspecified atom stereocenters. The molecular weight excluding hydrogens is 1020 g/mol. The standard InChI is InChI=1S/C80H78N4/c1-47-17-25-63(26-18-47)81(77-55(9)37-51(5)38-56(77)10)71-45-72(82(64-27-19-48(2)20-28-64)78-57(11)39-52(6)40-58(78)12)68-35-36-70-74(84(66-31-23-50(4)24-32-66)80-61(15)43-54(8)44-62(80)16)46-73(69-34-33-67(71)75(68)76(69)70)83(65-29-21-49(3)22-30-65)79-59(13)41-53(7)42-60(79)14/h17-46H,1-16H3. The van der Waals surface area contributed by atoms with Crippen molar-refractivity contribution in [3.63, 3.8) is 0 Å². The van der Waals surface area contributed by atoms with Crippen LogP contribution in [0.15, 0.2) is 182 Å². The lowest BCUT2D eigenvalue weighted by Gasteiger charge is -2.36. The van der Waals surface area contributed by atoms with Crippen molar-refractivity contribution < 1.29 is 0 Å². The largest absolute Gasteiger partial charge is 0.309 e. The number of anilines is 12. The highest BCUT2D eigenvalue weighted by molar-refractivity contribution is 6.33. The average molecular weight is 1100 g/mol. The fraction of sp³-hybridized carbons (Fsp3) is 0.200. The van der Waals surface area contributed by atoms with Gasteiger partial charge in [-0.3, -0.25) is 0 Å². The van der Waals surface area contributed by atoms with E-state index in [2.05, 4.69) is 312 Å². The first kappa shape index (κ1) is 55.4. The second-order valence-corrected chi connectivity index (χ2v) is 24.6. The van der Waals surface area contributed by atoms with Gasteiger partial charge >= 0.3 is 0 Å². The van der Waals surface area contributed by atoms with Gasteiger partial charge in [-0.25, -0.2) is 0 Å². The Bertz CT molecular complexity index is 3860. The molecule has 0 fully saturated rings. The van der Waals surface area contributed by atoms with Crippen molar-refractivity contribution >= 4 is 101 Å². The number of nitrogens with zero attached hydrogens (tertiary/aromatic N) is 4. The van der Waals surface area contributed by atoms with E-state index < -0.39 is 0 Å². The van der Waals surface area contributed by atoms with Gasteiger partial charge in [-0.15, -0.1) is 0 Å². The van der Waals surface area contributed by atoms with Crippen molar-refractivity contribution in [3.05, 3.63) is 271 Å². The first-order valence-electron chi connectivity index (χ1n) is 29.8. The van der Waals surface area contributed by atoms with Gasteiger partial charge in [0.25, 0.3) is 0 Å². The Balaban J connectivity index is 1.35. The monoisotopic (exact) mass is 1090 g/mol. The number of benzene rings is 12. The van der Waals surface area contributed by atoms with Gasteiger partial charge in [-0.2, -0.15) is 0 Å². The SMILES string of the molecule is Cc1ccc(N(c2c(C)cc(C)cc2C)c2cc(N(c3ccc(C)cc3)c3c(C)cc(C)cc3C)c3ccc4c(N(c5ccc(C)cc5)c5c(C)cc(C)cc5C)cc(N(c5ccc(C)cc5)c5c(C)cc(C)cc5C)c5ccc2c3c54)cc1. The van der Waals surface area contributed by atoms with Crippen molar-refractivity contribution in [3.8, 4) is 0 Å². The van der Waals surface area contributed by atoms with Gasteiger partial charge in [0.05, 0.1) is 45.5 Å². The van der Waals surface area contributed by atoms with Gasteiger partial charge in [0, 0.05) is 55.1 Å². The van der Waals surface area contributed by atoms with Crippen LogP contribution in [-0.4, -0.2) is 0 Å². The van der Waals surface area contributed by atoms with Crippen LogP contribution < -0.4 is 19.6 Å². The van der Waals surface area contributed by atoms with Gasteiger partial charge in [-0.1, -0.05) is 166 Å². The van der Waals surface area contributed by atoms with Gasteiger partial charge in [0.1, 0.15) is 0 Å². The summed E-state index contributed by atoms with van der Waals surface area (Å²) in [6, 6.07) is 70.2. The predicted molar refractivity (Wildman–Crippen MR) is 365 cm³/mol. The summed E-state index contributed by atoms with van der Waals surface area (Å²) in [6.45, 7) is 35.9. The van der Waals surface area contributed by atoms with Gasteiger partial charge in [-0.05, 0) is 216 Å². The first-order chi connectivity index (χ1) is 40.2. The third-order valence-electron chi connectivity index (χ3n) is 17.4. The van der Waals surface area contributed by atoms with E-state index in [-0.39, 0.29) is 0 Å². The molecule has 0 aliphatic rings. The average Bonchev–Trinajstić information content (AvgIpc) is 0.844. The predicted octanol–water partition coefficient (Wildman–Crippen LogP) is 23.4. The molecule has 0 amide bonds. The Morgan fingerprint density at radius 3 is 0.512 bits per heavy atom. The normalized spacial score (nSPS) is 11.6. The van der Waals surface area contributed by atoms with E-state index in [1.54, 1.807) is 0 Å². The molecule has 4 heteroatoms. The van der Waals surface area contributed by atoms with E-state index >= 15 is 0 Å². The minimum Gasteiger partial charge on any atom is -0.309 e. The summed E-state index contributed by atoms with van der Waals surface area (Å²) >= 11 is 0. The Kier molecular flexibility index (Phi) is 14.2. The number of hydrogen-bond donors (Lipinski definition) is 0. The quantitative estimate of drug-likeness (QED) is 0.113.